The summed E-state index contributed by atoms with van der Waals surface area (Å²) in [5.41, 5.74) is 5.80. The number of anilines is 3. The monoisotopic (exact) mass is 391 g/mol. The maximum Gasteiger partial charge on any atom is 0.264 e. The fourth-order valence-electron chi connectivity index (χ4n) is 3.32. The average molecular weight is 391 g/mol. The smallest absolute Gasteiger partial charge is 0.264 e. The Labute approximate surface area is 170 Å². The number of methoxy groups -OCH3 is 2. The van der Waals surface area contributed by atoms with Crippen LogP contribution in [0.15, 0.2) is 48.7 Å². The Morgan fingerprint density at radius 2 is 1.55 bits per heavy atom. The van der Waals surface area contributed by atoms with Gasteiger partial charge in [0.2, 0.25) is 0 Å². The SMILES string of the molecule is COc1cccc(OC)c1C(=O)Nc1ccc(Nc2c(C)cc(C)cc2C)cn1. The molecule has 6 heteroatoms. The lowest BCUT2D eigenvalue weighted by Gasteiger charge is -2.15. The van der Waals surface area contributed by atoms with Crippen LogP contribution in [-0.2, 0) is 0 Å². The lowest BCUT2D eigenvalue weighted by molar-refractivity contribution is 0.102. The molecule has 0 radical (unpaired) electrons. The van der Waals surface area contributed by atoms with Crippen LogP contribution in [0.5, 0.6) is 11.5 Å². The Bertz CT molecular complexity index is 985. The van der Waals surface area contributed by atoms with Crippen molar-refractivity contribution in [1.82, 2.24) is 4.98 Å². The molecule has 2 aromatic carbocycles. The molecule has 0 spiro atoms. The van der Waals surface area contributed by atoms with E-state index in [0.717, 1.165) is 11.4 Å². The molecule has 0 aliphatic rings. The molecule has 0 saturated heterocycles. The summed E-state index contributed by atoms with van der Waals surface area (Å²) in [7, 11) is 3.03. The fourth-order valence-corrected chi connectivity index (χ4v) is 3.32. The van der Waals surface area contributed by atoms with Gasteiger partial charge in [0.05, 0.1) is 26.1 Å². The normalized spacial score (nSPS) is 10.4. The summed E-state index contributed by atoms with van der Waals surface area (Å²) >= 11 is 0. The molecular formula is C23H25N3O3. The third kappa shape index (κ3) is 4.48. The van der Waals surface area contributed by atoms with Gasteiger partial charge in [0.25, 0.3) is 5.91 Å². The molecule has 29 heavy (non-hydrogen) atoms. The molecule has 1 aromatic heterocycles. The van der Waals surface area contributed by atoms with E-state index in [-0.39, 0.29) is 5.91 Å². The zero-order valence-corrected chi connectivity index (χ0v) is 17.3. The number of benzene rings is 2. The summed E-state index contributed by atoms with van der Waals surface area (Å²) in [6.07, 6.45) is 1.69. The molecule has 0 bridgehead atoms. The lowest BCUT2D eigenvalue weighted by Crippen LogP contribution is -2.15. The first kappa shape index (κ1) is 20.2. The predicted molar refractivity (Wildman–Crippen MR) is 116 cm³/mol. The summed E-state index contributed by atoms with van der Waals surface area (Å²) in [6.45, 7) is 6.23. The van der Waals surface area contributed by atoms with Crippen molar-refractivity contribution < 1.29 is 14.3 Å². The van der Waals surface area contributed by atoms with E-state index in [1.54, 1.807) is 30.5 Å². The number of nitrogens with one attached hydrogen (secondary N) is 2. The van der Waals surface area contributed by atoms with E-state index in [2.05, 4.69) is 48.5 Å². The zero-order valence-electron chi connectivity index (χ0n) is 17.3. The quantitative estimate of drug-likeness (QED) is 0.617. The second kappa shape index (κ2) is 8.65. The van der Waals surface area contributed by atoms with Crippen molar-refractivity contribution in [2.75, 3.05) is 24.9 Å². The third-order valence-electron chi connectivity index (χ3n) is 4.61. The van der Waals surface area contributed by atoms with E-state index in [4.69, 9.17) is 9.47 Å². The van der Waals surface area contributed by atoms with Gasteiger partial charge in [-0.25, -0.2) is 4.98 Å². The number of aromatic nitrogens is 1. The number of hydrogen-bond donors (Lipinski definition) is 2. The van der Waals surface area contributed by atoms with Crippen molar-refractivity contribution in [3.63, 3.8) is 0 Å². The Hall–Kier alpha value is -3.54. The summed E-state index contributed by atoms with van der Waals surface area (Å²) in [4.78, 5) is 17.1. The summed E-state index contributed by atoms with van der Waals surface area (Å²) < 4.78 is 10.6. The van der Waals surface area contributed by atoms with E-state index in [1.807, 2.05) is 6.07 Å². The predicted octanol–water partition coefficient (Wildman–Crippen LogP) is 5.02. The average Bonchev–Trinajstić information content (AvgIpc) is 2.71. The van der Waals surface area contributed by atoms with Crippen molar-refractivity contribution in [2.45, 2.75) is 20.8 Å². The van der Waals surface area contributed by atoms with Gasteiger partial charge in [0.15, 0.2) is 0 Å². The van der Waals surface area contributed by atoms with E-state index in [1.165, 1.54) is 30.9 Å². The molecule has 0 atom stereocenters. The molecule has 1 amide bonds. The highest BCUT2D eigenvalue weighted by Crippen LogP contribution is 2.29. The van der Waals surface area contributed by atoms with Crippen molar-refractivity contribution in [3.05, 3.63) is 70.9 Å². The molecule has 150 valence electrons. The van der Waals surface area contributed by atoms with Gasteiger partial charge < -0.3 is 20.1 Å². The first-order valence-electron chi connectivity index (χ1n) is 9.26. The van der Waals surface area contributed by atoms with E-state index in [9.17, 15) is 4.79 Å². The number of carbonyl (C=O) groups is 1. The van der Waals surface area contributed by atoms with Crippen molar-refractivity contribution in [2.24, 2.45) is 0 Å². The molecule has 0 saturated carbocycles. The molecule has 1 heterocycles. The summed E-state index contributed by atoms with van der Waals surface area (Å²) in [6, 6.07) is 13.1. The minimum atomic E-state index is -0.349. The summed E-state index contributed by atoms with van der Waals surface area (Å²) in [5, 5.41) is 6.19. The first-order chi connectivity index (χ1) is 13.9. The highest BCUT2D eigenvalue weighted by atomic mass is 16.5. The van der Waals surface area contributed by atoms with Crippen molar-refractivity contribution in [3.8, 4) is 11.5 Å². The zero-order chi connectivity index (χ0) is 21.0. The molecule has 0 fully saturated rings. The molecule has 6 nitrogen and oxygen atoms in total. The third-order valence-corrected chi connectivity index (χ3v) is 4.61. The Kier molecular flexibility index (Phi) is 6.02. The Morgan fingerprint density at radius 1 is 0.931 bits per heavy atom. The number of nitrogens with zero attached hydrogens (tertiary/aromatic N) is 1. The van der Waals surface area contributed by atoms with E-state index >= 15 is 0 Å². The van der Waals surface area contributed by atoms with Gasteiger partial charge in [-0.1, -0.05) is 23.8 Å². The van der Waals surface area contributed by atoms with Gasteiger partial charge in [-0.05, 0) is 56.2 Å². The number of aryl methyl sites for hydroxylation is 3. The van der Waals surface area contributed by atoms with Crippen molar-refractivity contribution >= 4 is 23.1 Å². The number of carbonyl (C=O) groups excluding carboxylic acids is 1. The number of rotatable bonds is 6. The van der Waals surface area contributed by atoms with Crippen LogP contribution in [-0.4, -0.2) is 25.1 Å². The molecule has 0 unspecified atom stereocenters. The minimum absolute atomic E-state index is 0.326. The molecule has 2 N–H and O–H groups in total. The second-order valence-electron chi connectivity index (χ2n) is 6.82. The Morgan fingerprint density at radius 3 is 2.07 bits per heavy atom. The largest absolute Gasteiger partial charge is 0.496 e. The van der Waals surface area contributed by atoms with Crippen LogP contribution in [0, 0.1) is 20.8 Å². The van der Waals surface area contributed by atoms with Crippen LogP contribution in [0.4, 0.5) is 17.2 Å². The molecule has 3 aromatic rings. The number of amides is 1. The van der Waals surface area contributed by atoms with Gasteiger partial charge in [-0.2, -0.15) is 0 Å². The number of hydrogen-bond acceptors (Lipinski definition) is 5. The van der Waals surface area contributed by atoms with Crippen molar-refractivity contribution in [1.29, 1.82) is 0 Å². The Balaban J connectivity index is 1.78. The maximum absolute atomic E-state index is 12.7. The minimum Gasteiger partial charge on any atom is -0.496 e. The second-order valence-corrected chi connectivity index (χ2v) is 6.82. The first-order valence-corrected chi connectivity index (χ1v) is 9.26. The highest BCUT2D eigenvalue weighted by molar-refractivity contribution is 6.07. The maximum atomic E-state index is 12.7. The van der Waals surface area contributed by atoms with Crippen LogP contribution >= 0.6 is 0 Å². The molecule has 0 aliphatic heterocycles. The van der Waals surface area contributed by atoms with Crippen LogP contribution in [0.1, 0.15) is 27.0 Å². The van der Waals surface area contributed by atoms with Gasteiger partial charge in [-0.15, -0.1) is 0 Å². The van der Waals surface area contributed by atoms with E-state index < -0.39 is 0 Å². The molecule has 3 rings (SSSR count). The van der Waals surface area contributed by atoms with Crippen LogP contribution in [0.3, 0.4) is 0 Å². The molecule has 0 aliphatic carbocycles. The number of pyridine rings is 1. The lowest BCUT2D eigenvalue weighted by atomic mass is 10.0. The molecular weight excluding hydrogens is 366 g/mol. The topological polar surface area (TPSA) is 72.5 Å². The van der Waals surface area contributed by atoms with Gasteiger partial charge in [0.1, 0.15) is 22.9 Å². The van der Waals surface area contributed by atoms with Crippen LogP contribution < -0.4 is 20.1 Å². The highest BCUT2D eigenvalue weighted by Gasteiger charge is 2.18. The fraction of sp³-hybridized carbons (Fsp3) is 0.217. The summed E-state index contributed by atoms with van der Waals surface area (Å²) in [5.74, 6) is 0.958. The van der Waals surface area contributed by atoms with Crippen LogP contribution in [0.25, 0.3) is 0 Å². The number of ether oxygens (including phenoxy) is 2. The van der Waals surface area contributed by atoms with Gasteiger partial charge in [0, 0.05) is 5.69 Å². The van der Waals surface area contributed by atoms with Gasteiger partial charge >= 0.3 is 0 Å². The standard InChI is InChI=1S/C23H25N3O3/c1-14-11-15(2)22(16(3)12-14)25-17-9-10-20(24-13-17)26-23(27)21-18(28-4)7-6-8-19(21)29-5/h6-13,25H,1-5H3,(H,24,26,27). The van der Waals surface area contributed by atoms with Gasteiger partial charge in [-0.3, -0.25) is 4.79 Å². The van der Waals surface area contributed by atoms with E-state index in [0.29, 0.717) is 22.9 Å². The van der Waals surface area contributed by atoms with Crippen LogP contribution in [0.2, 0.25) is 0 Å².